The van der Waals surface area contributed by atoms with E-state index < -0.39 is 0 Å². The molecule has 0 fully saturated rings. The third kappa shape index (κ3) is 1.72. The molecule has 4 nitrogen and oxygen atoms in total. The van der Waals surface area contributed by atoms with Crippen molar-refractivity contribution in [2.24, 2.45) is 5.16 Å². The SMILES string of the molecule is Nc1nc(C([C]=S)=NO)cs1. The highest BCUT2D eigenvalue weighted by Gasteiger charge is 2.04. The first kappa shape index (κ1) is 8.09. The predicted octanol–water partition coefficient (Wildman–Crippen LogP) is 0.780. The summed E-state index contributed by atoms with van der Waals surface area (Å²) in [6.45, 7) is 0. The highest BCUT2D eigenvalue weighted by Crippen LogP contribution is 2.11. The maximum Gasteiger partial charge on any atom is 0.180 e. The lowest BCUT2D eigenvalue weighted by Crippen LogP contribution is -2.01. The number of anilines is 1. The van der Waals surface area contributed by atoms with Gasteiger partial charge in [-0.1, -0.05) is 17.4 Å². The number of thiazole rings is 1. The molecule has 1 heterocycles. The summed E-state index contributed by atoms with van der Waals surface area (Å²) in [4.78, 5) is 3.83. The van der Waals surface area contributed by atoms with E-state index in [1.54, 1.807) is 5.38 Å². The topological polar surface area (TPSA) is 71.5 Å². The summed E-state index contributed by atoms with van der Waals surface area (Å²) in [6.07, 6.45) is 0. The molecule has 0 unspecified atom stereocenters. The van der Waals surface area contributed by atoms with Crippen molar-refractivity contribution in [2.45, 2.75) is 0 Å². The summed E-state index contributed by atoms with van der Waals surface area (Å²) in [5, 5.41) is 15.6. The molecule has 0 atom stereocenters. The average Bonchev–Trinajstić information content (AvgIpc) is 2.39. The van der Waals surface area contributed by atoms with Crippen LogP contribution in [-0.4, -0.2) is 21.3 Å². The van der Waals surface area contributed by atoms with Crippen LogP contribution in [0.4, 0.5) is 5.13 Å². The van der Waals surface area contributed by atoms with Crippen LogP contribution in [0.3, 0.4) is 0 Å². The molecule has 11 heavy (non-hydrogen) atoms. The summed E-state index contributed by atoms with van der Waals surface area (Å²) in [5.41, 5.74) is 5.92. The minimum atomic E-state index is 0.132. The van der Waals surface area contributed by atoms with Crippen molar-refractivity contribution in [3.63, 3.8) is 0 Å². The summed E-state index contributed by atoms with van der Waals surface area (Å²) >= 11 is 5.70. The molecule has 0 bridgehead atoms. The van der Waals surface area contributed by atoms with E-state index in [-0.39, 0.29) is 5.71 Å². The summed E-state index contributed by atoms with van der Waals surface area (Å²) in [5.74, 6) is 0. The van der Waals surface area contributed by atoms with Crippen molar-refractivity contribution in [3.8, 4) is 0 Å². The maximum atomic E-state index is 8.37. The summed E-state index contributed by atoms with van der Waals surface area (Å²) < 4.78 is 0. The number of nitrogens with zero attached hydrogens (tertiary/aromatic N) is 2. The number of hydrogen-bond donors (Lipinski definition) is 2. The van der Waals surface area contributed by atoms with Gasteiger partial charge in [0.1, 0.15) is 11.4 Å². The highest BCUT2D eigenvalue weighted by molar-refractivity contribution is 7.80. The molecule has 0 aromatic carbocycles. The molecule has 0 saturated carbocycles. The lowest BCUT2D eigenvalue weighted by Gasteiger charge is -1.86. The molecule has 0 saturated heterocycles. The number of nitrogen functional groups attached to an aromatic ring is 1. The van der Waals surface area contributed by atoms with Crippen molar-refractivity contribution in [1.82, 2.24) is 4.98 Å². The standard InChI is InChI=1S/C5H4N3OS2/c6-5-7-4(2-11-5)3(1-10)8-9/h2,9H,(H2,6,7). The molecule has 6 heteroatoms. The minimum absolute atomic E-state index is 0.132. The molecule has 0 amide bonds. The van der Waals surface area contributed by atoms with Gasteiger partial charge in [-0.25, -0.2) is 4.98 Å². The van der Waals surface area contributed by atoms with Gasteiger partial charge in [-0.05, 0) is 0 Å². The second kappa shape index (κ2) is 3.40. The zero-order valence-electron chi connectivity index (χ0n) is 5.31. The van der Waals surface area contributed by atoms with Crippen LogP contribution in [0, 0.1) is 0 Å². The average molecular weight is 186 g/mol. The normalized spacial score (nSPS) is 11.5. The van der Waals surface area contributed by atoms with Gasteiger partial charge < -0.3 is 10.9 Å². The van der Waals surface area contributed by atoms with Gasteiger partial charge in [-0.3, -0.25) is 0 Å². The van der Waals surface area contributed by atoms with Crippen LogP contribution in [0.1, 0.15) is 5.69 Å². The first-order valence-corrected chi connectivity index (χ1v) is 3.88. The molecule has 3 N–H and O–H groups in total. The Kier molecular flexibility index (Phi) is 2.50. The van der Waals surface area contributed by atoms with Crippen LogP contribution in [0.2, 0.25) is 0 Å². The van der Waals surface area contributed by atoms with Crippen molar-refractivity contribution < 1.29 is 5.21 Å². The lowest BCUT2D eigenvalue weighted by molar-refractivity contribution is 0.320. The number of hydrogen-bond acceptors (Lipinski definition) is 6. The smallest absolute Gasteiger partial charge is 0.180 e. The second-order valence-corrected chi connectivity index (χ2v) is 2.72. The Bertz CT molecular complexity index is 294. The number of aromatic nitrogens is 1. The molecule has 1 rings (SSSR count). The molecule has 57 valence electrons. The van der Waals surface area contributed by atoms with E-state index in [1.807, 2.05) is 0 Å². The van der Waals surface area contributed by atoms with E-state index in [4.69, 9.17) is 10.9 Å². The Labute approximate surface area is 72.4 Å². The number of nitrogens with two attached hydrogens (primary N) is 1. The van der Waals surface area contributed by atoms with Crippen molar-refractivity contribution >= 4 is 39.8 Å². The first-order chi connectivity index (χ1) is 5.27. The molecule has 1 aromatic rings. The van der Waals surface area contributed by atoms with Crippen LogP contribution < -0.4 is 5.73 Å². The molecular weight excluding hydrogens is 182 g/mol. The van der Waals surface area contributed by atoms with Gasteiger partial charge in [0.25, 0.3) is 0 Å². The van der Waals surface area contributed by atoms with Gasteiger partial charge in [0.15, 0.2) is 5.13 Å². The third-order valence-corrected chi connectivity index (χ3v) is 1.83. The van der Waals surface area contributed by atoms with E-state index in [1.165, 1.54) is 11.3 Å². The Morgan fingerprint density at radius 2 is 2.64 bits per heavy atom. The van der Waals surface area contributed by atoms with E-state index in [0.717, 1.165) is 0 Å². The van der Waals surface area contributed by atoms with Gasteiger partial charge in [-0.2, -0.15) is 0 Å². The number of rotatable bonds is 2. The van der Waals surface area contributed by atoms with Crippen LogP contribution in [-0.2, 0) is 0 Å². The van der Waals surface area contributed by atoms with Crippen molar-refractivity contribution in [1.29, 1.82) is 0 Å². The number of thiocarbonyl (C=S) groups is 1. The quantitative estimate of drug-likeness (QED) is 0.310. The van der Waals surface area contributed by atoms with E-state index >= 15 is 0 Å². The lowest BCUT2D eigenvalue weighted by atomic mass is 10.3. The van der Waals surface area contributed by atoms with Crippen molar-refractivity contribution in [2.75, 3.05) is 5.73 Å². The summed E-state index contributed by atoms with van der Waals surface area (Å²) in [6, 6.07) is 0. The van der Waals surface area contributed by atoms with Crippen LogP contribution >= 0.6 is 23.6 Å². The predicted molar refractivity (Wildman–Crippen MR) is 47.4 cm³/mol. The summed E-state index contributed by atoms with van der Waals surface area (Å²) in [7, 11) is 0. The molecule has 0 aliphatic heterocycles. The monoisotopic (exact) mass is 186 g/mol. The van der Waals surface area contributed by atoms with E-state index in [2.05, 4.69) is 27.7 Å². The first-order valence-electron chi connectivity index (χ1n) is 2.59. The maximum absolute atomic E-state index is 8.37. The molecular formula is C5H4N3OS2. The van der Waals surface area contributed by atoms with Crippen LogP contribution in [0.25, 0.3) is 0 Å². The minimum Gasteiger partial charge on any atom is -0.410 e. The van der Waals surface area contributed by atoms with Crippen molar-refractivity contribution in [3.05, 3.63) is 11.1 Å². The molecule has 0 aliphatic rings. The van der Waals surface area contributed by atoms with Gasteiger partial charge in [0, 0.05) is 5.38 Å². The Balaban J connectivity index is 3.00. The Hall–Kier alpha value is -1.01. The number of oxime groups is 1. The Morgan fingerprint density at radius 1 is 1.91 bits per heavy atom. The fraction of sp³-hybridized carbons (Fsp3) is 0. The molecule has 0 spiro atoms. The van der Waals surface area contributed by atoms with E-state index in [0.29, 0.717) is 10.8 Å². The fourth-order valence-electron chi connectivity index (χ4n) is 0.520. The zero-order chi connectivity index (χ0) is 8.27. The third-order valence-electron chi connectivity index (χ3n) is 0.961. The molecule has 1 aromatic heterocycles. The zero-order valence-corrected chi connectivity index (χ0v) is 6.95. The van der Waals surface area contributed by atoms with E-state index in [9.17, 15) is 0 Å². The second-order valence-electron chi connectivity index (χ2n) is 1.62. The highest BCUT2D eigenvalue weighted by atomic mass is 32.1. The Morgan fingerprint density at radius 3 is 3.00 bits per heavy atom. The molecule has 1 radical (unpaired) electrons. The fourth-order valence-corrected chi connectivity index (χ4v) is 1.21. The van der Waals surface area contributed by atoms with Gasteiger partial charge in [0.2, 0.25) is 0 Å². The van der Waals surface area contributed by atoms with Crippen LogP contribution in [0.5, 0.6) is 0 Å². The molecule has 0 aliphatic carbocycles. The van der Waals surface area contributed by atoms with Gasteiger partial charge in [0.05, 0.1) is 5.37 Å². The van der Waals surface area contributed by atoms with Gasteiger partial charge >= 0.3 is 0 Å². The largest absolute Gasteiger partial charge is 0.410 e. The van der Waals surface area contributed by atoms with Gasteiger partial charge in [-0.15, -0.1) is 11.3 Å². The van der Waals surface area contributed by atoms with Crippen LogP contribution in [0.15, 0.2) is 10.5 Å².